The molecule has 0 aromatic carbocycles. The first kappa shape index (κ1) is 11.6. The Morgan fingerprint density at radius 2 is 2.21 bits per heavy atom. The Labute approximate surface area is 93.8 Å². The minimum Gasteiger partial charge on any atom is -0.354 e. The lowest BCUT2D eigenvalue weighted by Gasteiger charge is -2.25. The quantitative estimate of drug-likeness (QED) is 0.871. The van der Waals surface area contributed by atoms with E-state index in [1.807, 2.05) is 18.9 Å². The van der Waals surface area contributed by atoms with Crippen LogP contribution in [0.25, 0.3) is 0 Å². The molecule has 1 aromatic heterocycles. The minimum absolute atomic E-state index is 0.196. The number of hydrogen-bond donors (Lipinski definition) is 1. The average molecular weight is 234 g/mol. The van der Waals surface area contributed by atoms with Crippen LogP contribution in [0, 0.1) is 0 Å². The number of nitrogens with zero attached hydrogens (tertiary/aromatic N) is 2. The molecule has 0 fully saturated rings. The fraction of sp³-hybridized carbons (Fsp3) is 0.444. The van der Waals surface area contributed by atoms with Gasteiger partial charge in [0, 0.05) is 25.8 Å². The van der Waals surface area contributed by atoms with Gasteiger partial charge in [-0.15, -0.1) is 0 Å². The van der Waals surface area contributed by atoms with Crippen molar-refractivity contribution < 1.29 is 0 Å². The van der Waals surface area contributed by atoms with Crippen LogP contribution in [-0.2, 0) is 0 Å². The van der Waals surface area contributed by atoms with Gasteiger partial charge in [0.2, 0.25) is 0 Å². The van der Waals surface area contributed by atoms with Crippen LogP contribution in [0.15, 0.2) is 12.3 Å². The van der Waals surface area contributed by atoms with E-state index in [-0.39, 0.29) is 6.04 Å². The Morgan fingerprint density at radius 1 is 1.57 bits per heavy atom. The summed E-state index contributed by atoms with van der Waals surface area (Å²) in [5.41, 5.74) is 5.55. The van der Waals surface area contributed by atoms with Crippen LogP contribution >= 0.6 is 23.2 Å². The van der Waals surface area contributed by atoms with Crippen LogP contribution in [-0.4, -0.2) is 24.6 Å². The summed E-state index contributed by atoms with van der Waals surface area (Å²) in [6.45, 7) is 2.56. The van der Waals surface area contributed by atoms with Gasteiger partial charge in [-0.25, -0.2) is 4.98 Å². The van der Waals surface area contributed by atoms with E-state index in [2.05, 4.69) is 4.98 Å². The standard InChI is InChI=1S/C9H13Cl2N3/c1-6(4-12)14(2)9-8(11)3-7(10)5-13-9/h3,5-6H,4,12H2,1-2H3. The minimum atomic E-state index is 0.196. The SMILES string of the molecule is CC(CN)N(C)c1ncc(Cl)cc1Cl. The molecule has 0 radical (unpaired) electrons. The van der Waals surface area contributed by atoms with Crippen molar-refractivity contribution in [1.82, 2.24) is 4.98 Å². The third kappa shape index (κ3) is 2.50. The fourth-order valence-corrected chi connectivity index (χ4v) is 1.55. The molecule has 5 heteroatoms. The topological polar surface area (TPSA) is 42.1 Å². The zero-order chi connectivity index (χ0) is 10.7. The molecule has 1 heterocycles. The number of hydrogen-bond acceptors (Lipinski definition) is 3. The van der Waals surface area contributed by atoms with E-state index in [4.69, 9.17) is 28.9 Å². The lowest BCUT2D eigenvalue weighted by Crippen LogP contribution is -2.35. The maximum Gasteiger partial charge on any atom is 0.147 e. The molecule has 78 valence electrons. The molecule has 14 heavy (non-hydrogen) atoms. The van der Waals surface area contributed by atoms with Crippen LogP contribution in [0.1, 0.15) is 6.92 Å². The van der Waals surface area contributed by atoms with Gasteiger partial charge in [0.05, 0.1) is 10.0 Å². The predicted molar refractivity (Wildman–Crippen MR) is 61.2 cm³/mol. The van der Waals surface area contributed by atoms with E-state index in [1.165, 1.54) is 0 Å². The highest BCUT2D eigenvalue weighted by Gasteiger charge is 2.12. The van der Waals surface area contributed by atoms with Crippen molar-refractivity contribution in [3.05, 3.63) is 22.3 Å². The first-order valence-corrected chi connectivity index (χ1v) is 5.05. The molecule has 0 aliphatic heterocycles. The zero-order valence-corrected chi connectivity index (χ0v) is 9.68. The van der Waals surface area contributed by atoms with Crippen molar-refractivity contribution in [2.24, 2.45) is 5.73 Å². The number of rotatable bonds is 3. The van der Waals surface area contributed by atoms with Gasteiger partial charge in [-0.3, -0.25) is 0 Å². The summed E-state index contributed by atoms with van der Waals surface area (Å²) in [6.07, 6.45) is 1.57. The van der Waals surface area contributed by atoms with Crippen molar-refractivity contribution >= 4 is 29.0 Å². The third-order valence-corrected chi connectivity index (χ3v) is 2.61. The summed E-state index contributed by atoms with van der Waals surface area (Å²) in [6, 6.07) is 1.87. The van der Waals surface area contributed by atoms with Crippen molar-refractivity contribution in [3.8, 4) is 0 Å². The van der Waals surface area contributed by atoms with Gasteiger partial charge >= 0.3 is 0 Å². The summed E-state index contributed by atoms with van der Waals surface area (Å²) in [5, 5.41) is 1.08. The van der Waals surface area contributed by atoms with Gasteiger partial charge in [0.1, 0.15) is 5.82 Å². The van der Waals surface area contributed by atoms with Gasteiger partial charge in [0.25, 0.3) is 0 Å². The Kier molecular flexibility index (Phi) is 3.98. The monoisotopic (exact) mass is 233 g/mol. The summed E-state index contributed by atoms with van der Waals surface area (Å²) in [4.78, 5) is 6.08. The highest BCUT2D eigenvalue weighted by molar-refractivity contribution is 6.35. The van der Waals surface area contributed by atoms with Crippen LogP contribution < -0.4 is 10.6 Å². The molecular weight excluding hydrogens is 221 g/mol. The van der Waals surface area contributed by atoms with Crippen molar-refractivity contribution in [3.63, 3.8) is 0 Å². The highest BCUT2D eigenvalue weighted by atomic mass is 35.5. The molecule has 0 bridgehead atoms. The number of halogens is 2. The molecule has 0 amide bonds. The molecule has 0 saturated carbocycles. The van der Waals surface area contributed by atoms with Gasteiger partial charge in [-0.2, -0.15) is 0 Å². The second kappa shape index (κ2) is 4.82. The lowest BCUT2D eigenvalue weighted by atomic mass is 10.3. The molecular formula is C9H13Cl2N3. The molecule has 3 nitrogen and oxygen atoms in total. The molecule has 0 spiro atoms. The predicted octanol–water partition coefficient (Wildman–Crippen LogP) is 2.17. The Bertz CT molecular complexity index is 317. The number of nitrogens with two attached hydrogens (primary N) is 1. The lowest BCUT2D eigenvalue weighted by molar-refractivity contribution is 0.687. The molecule has 2 N–H and O–H groups in total. The Hall–Kier alpha value is -0.510. The normalized spacial score (nSPS) is 12.6. The number of aromatic nitrogens is 1. The smallest absolute Gasteiger partial charge is 0.147 e. The van der Waals surface area contributed by atoms with Crippen molar-refractivity contribution in [1.29, 1.82) is 0 Å². The van der Waals surface area contributed by atoms with Gasteiger partial charge < -0.3 is 10.6 Å². The largest absolute Gasteiger partial charge is 0.354 e. The fourth-order valence-electron chi connectivity index (χ4n) is 1.03. The molecule has 1 rings (SSSR count). The maximum atomic E-state index is 6.00. The number of likely N-dealkylation sites (N-methyl/N-ethyl adjacent to an activating group) is 1. The van der Waals surface area contributed by atoms with Crippen molar-refractivity contribution in [2.45, 2.75) is 13.0 Å². The highest BCUT2D eigenvalue weighted by Crippen LogP contribution is 2.25. The van der Waals surface area contributed by atoms with Gasteiger partial charge in [-0.1, -0.05) is 23.2 Å². The summed E-state index contributed by atoms with van der Waals surface area (Å²) in [7, 11) is 1.90. The molecule has 1 aromatic rings. The first-order valence-electron chi connectivity index (χ1n) is 4.30. The summed E-state index contributed by atoms with van der Waals surface area (Å²) >= 11 is 11.7. The summed E-state index contributed by atoms with van der Waals surface area (Å²) < 4.78 is 0. The van der Waals surface area contributed by atoms with Crippen LogP contribution in [0.5, 0.6) is 0 Å². The zero-order valence-electron chi connectivity index (χ0n) is 8.17. The average Bonchev–Trinajstić information content (AvgIpc) is 2.15. The Morgan fingerprint density at radius 3 is 2.71 bits per heavy atom. The molecule has 1 atom stereocenters. The van der Waals surface area contributed by atoms with E-state index in [0.717, 1.165) is 0 Å². The molecule has 0 saturated heterocycles. The van der Waals surface area contributed by atoms with E-state index >= 15 is 0 Å². The first-order chi connectivity index (χ1) is 6.56. The molecule has 1 unspecified atom stereocenters. The van der Waals surface area contributed by atoms with Crippen molar-refractivity contribution in [2.75, 3.05) is 18.5 Å². The van der Waals surface area contributed by atoms with Crippen LogP contribution in [0.4, 0.5) is 5.82 Å². The second-order valence-corrected chi connectivity index (χ2v) is 4.00. The van der Waals surface area contributed by atoms with Crippen LogP contribution in [0.3, 0.4) is 0 Å². The van der Waals surface area contributed by atoms with E-state index < -0.39 is 0 Å². The number of anilines is 1. The summed E-state index contributed by atoms with van der Waals surface area (Å²) in [5.74, 6) is 0.703. The van der Waals surface area contributed by atoms with Gasteiger partial charge in [0.15, 0.2) is 0 Å². The van der Waals surface area contributed by atoms with E-state index in [9.17, 15) is 0 Å². The maximum absolute atomic E-state index is 6.00. The molecule has 0 aliphatic carbocycles. The van der Waals surface area contributed by atoms with Gasteiger partial charge in [-0.05, 0) is 13.0 Å². The van der Waals surface area contributed by atoms with E-state index in [1.54, 1.807) is 12.3 Å². The molecule has 0 aliphatic rings. The van der Waals surface area contributed by atoms with E-state index in [0.29, 0.717) is 22.4 Å². The third-order valence-electron chi connectivity index (χ3n) is 2.12. The van der Waals surface area contributed by atoms with Crippen LogP contribution in [0.2, 0.25) is 10.0 Å². The number of pyridine rings is 1. The second-order valence-electron chi connectivity index (χ2n) is 3.15. The Balaban J connectivity index is 2.95.